The molecule has 1 unspecified atom stereocenters. The van der Waals surface area contributed by atoms with Crippen molar-refractivity contribution >= 4 is 15.7 Å². The lowest BCUT2D eigenvalue weighted by Crippen LogP contribution is -2.41. The number of ether oxygens (including phenoxy) is 1. The van der Waals surface area contributed by atoms with E-state index in [9.17, 15) is 18.5 Å². The molecule has 1 aliphatic heterocycles. The van der Waals surface area contributed by atoms with Gasteiger partial charge in [0.15, 0.2) is 4.90 Å². The van der Waals surface area contributed by atoms with E-state index in [0.29, 0.717) is 11.3 Å². The van der Waals surface area contributed by atoms with Crippen molar-refractivity contribution in [2.45, 2.75) is 37.1 Å². The Labute approximate surface area is 177 Å². The number of nitrogens with zero attached hydrogens (tertiary/aromatic N) is 2. The van der Waals surface area contributed by atoms with Gasteiger partial charge in [-0.2, -0.15) is 0 Å². The van der Waals surface area contributed by atoms with Gasteiger partial charge < -0.3 is 4.74 Å². The van der Waals surface area contributed by atoms with E-state index in [4.69, 9.17) is 4.74 Å². The van der Waals surface area contributed by atoms with Gasteiger partial charge in [0, 0.05) is 18.2 Å². The number of nitrogens with one attached hydrogen (secondary N) is 1. The zero-order valence-corrected chi connectivity index (χ0v) is 18.0. The summed E-state index contributed by atoms with van der Waals surface area (Å²) in [5, 5.41) is 11.4. The number of sulfonamides is 1. The summed E-state index contributed by atoms with van der Waals surface area (Å²) in [7, 11) is -2.50. The molecule has 1 atom stereocenters. The maximum Gasteiger partial charge on any atom is 0.289 e. The molecule has 2 aromatic rings. The number of aryl methyl sites for hydroxylation is 1. The molecule has 1 N–H and O–H groups in total. The first-order chi connectivity index (χ1) is 14.3. The number of methoxy groups -OCH3 is 1. The van der Waals surface area contributed by atoms with Gasteiger partial charge in [0.25, 0.3) is 5.69 Å². The smallest absolute Gasteiger partial charge is 0.289 e. The van der Waals surface area contributed by atoms with Gasteiger partial charge >= 0.3 is 0 Å². The van der Waals surface area contributed by atoms with E-state index in [1.807, 2.05) is 24.3 Å². The molecule has 0 aliphatic carbocycles. The fraction of sp³-hybridized carbons (Fsp3) is 0.429. The molecule has 1 saturated heterocycles. The molecule has 0 aromatic heterocycles. The van der Waals surface area contributed by atoms with Crippen LogP contribution in [0.1, 0.15) is 36.4 Å². The first kappa shape index (κ1) is 22.2. The van der Waals surface area contributed by atoms with Crippen molar-refractivity contribution in [2.75, 3.05) is 26.7 Å². The van der Waals surface area contributed by atoms with E-state index in [1.165, 1.54) is 12.1 Å². The van der Waals surface area contributed by atoms with E-state index in [0.717, 1.165) is 37.9 Å². The normalized spacial score (nSPS) is 16.2. The summed E-state index contributed by atoms with van der Waals surface area (Å²) in [5.74, 6) is 0.689. The Morgan fingerprint density at radius 2 is 1.83 bits per heavy atom. The highest BCUT2D eigenvalue weighted by Crippen LogP contribution is 2.32. The second kappa shape index (κ2) is 9.55. The third-order valence-electron chi connectivity index (χ3n) is 5.45. The summed E-state index contributed by atoms with van der Waals surface area (Å²) in [6.07, 6.45) is 3.24. The van der Waals surface area contributed by atoms with E-state index >= 15 is 0 Å². The number of nitro benzene ring substituents is 1. The maximum absolute atomic E-state index is 13.1. The van der Waals surface area contributed by atoms with Crippen LogP contribution in [0.3, 0.4) is 0 Å². The molecular weight excluding hydrogens is 406 g/mol. The molecule has 1 fully saturated rings. The minimum atomic E-state index is -4.09. The number of likely N-dealkylation sites (tertiary alicyclic amines) is 1. The zero-order valence-electron chi connectivity index (χ0n) is 17.2. The Hall–Kier alpha value is -2.49. The molecule has 0 spiro atoms. The van der Waals surface area contributed by atoms with Gasteiger partial charge in [0.05, 0.1) is 18.1 Å². The summed E-state index contributed by atoms with van der Waals surface area (Å²) in [6.45, 7) is 3.36. The molecule has 0 amide bonds. The average Bonchev–Trinajstić information content (AvgIpc) is 2.74. The van der Waals surface area contributed by atoms with Crippen LogP contribution in [-0.4, -0.2) is 45.0 Å². The van der Waals surface area contributed by atoms with E-state index in [-0.39, 0.29) is 17.5 Å². The van der Waals surface area contributed by atoms with Crippen molar-refractivity contribution in [2.24, 2.45) is 0 Å². The first-order valence-electron chi connectivity index (χ1n) is 9.96. The van der Waals surface area contributed by atoms with Gasteiger partial charge in [0.2, 0.25) is 10.0 Å². The van der Waals surface area contributed by atoms with Crippen LogP contribution in [0, 0.1) is 17.0 Å². The van der Waals surface area contributed by atoms with Crippen LogP contribution in [0.15, 0.2) is 47.4 Å². The quantitative estimate of drug-likeness (QED) is 0.506. The summed E-state index contributed by atoms with van der Waals surface area (Å²) in [6, 6.07) is 11.6. The number of para-hydroxylation sites is 1. The number of rotatable bonds is 8. The maximum atomic E-state index is 13.1. The molecule has 0 saturated carbocycles. The van der Waals surface area contributed by atoms with E-state index < -0.39 is 20.6 Å². The van der Waals surface area contributed by atoms with Gasteiger partial charge in [-0.3, -0.25) is 15.0 Å². The second-order valence-corrected chi connectivity index (χ2v) is 9.09. The van der Waals surface area contributed by atoms with Crippen molar-refractivity contribution in [3.63, 3.8) is 0 Å². The van der Waals surface area contributed by atoms with Crippen molar-refractivity contribution in [3.05, 3.63) is 63.7 Å². The largest absolute Gasteiger partial charge is 0.496 e. The van der Waals surface area contributed by atoms with Gasteiger partial charge in [-0.05, 0) is 44.5 Å². The highest BCUT2D eigenvalue weighted by molar-refractivity contribution is 7.89. The number of piperidine rings is 1. The van der Waals surface area contributed by atoms with Gasteiger partial charge in [-0.1, -0.05) is 36.8 Å². The second-order valence-electron chi connectivity index (χ2n) is 7.39. The van der Waals surface area contributed by atoms with Crippen LogP contribution in [0.4, 0.5) is 5.69 Å². The standard InChI is InChI=1S/C21H27N3O5S/c1-16-9-8-11-18(24(25)26)21(16)30(27,28)22-15-19(23-13-6-3-7-14-23)17-10-4-5-12-20(17)29-2/h4-5,8-12,19,22H,3,6-7,13-15H2,1-2H3. The first-order valence-corrected chi connectivity index (χ1v) is 11.4. The lowest BCUT2D eigenvalue weighted by atomic mass is 10.0. The summed E-state index contributed by atoms with van der Waals surface area (Å²) < 4.78 is 34.3. The van der Waals surface area contributed by atoms with Crippen LogP contribution in [0.25, 0.3) is 0 Å². The summed E-state index contributed by atoms with van der Waals surface area (Å²) >= 11 is 0. The highest BCUT2D eigenvalue weighted by atomic mass is 32.2. The van der Waals surface area contributed by atoms with Crippen LogP contribution < -0.4 is 9.46 Å². The number of hydrogen-bond donors (Lipinski definition) is 1. The molecule has 3 rings (SSSR count). The molecule has 9 heteroatoms. The lowest BCUT2D eigenvalue weighted by molar-refractivity contribution is -0.387. The fourth-order valence-corrected chi connectivity index (χ4v) is 5.43. The molecule has 30 heavy (non-hydrogen) atoms. The Bertz CT molecular complexity index is 1000. The SMILES string of the molecule is COc1ccccc1C(CNS(=O)(=O)c1c(C)cccc1[N+](=O)[O-])N1CCCCC1. The Morgan fingerprint density at radius 3 is 2.50 bits per heavy atom. The molecule has 8 nitrogen and oxygen atoms in total. The van der Waals surface area contributed by atoms with Crippen LogP contribution in [0.5, 0.6) is 5.75 Å². The molecule has 1 heterocycles. The van der Waals surface area contributed by atoms with Crippen molar-refractivity contribution < 1.29 is 18.1 Å². The van der Waals surface area contributed by atoms with Crippen LogP contribution in [0.2, 0.25) is 0 Å². The Morgan fingerprint density at radius 1 is 1.13 bits per heavy atom. The molecule has 162 valence electrons. The third kappa shape index (κ3) is 4.80. The molecule has 1 aliphatic rings. The topological polar surface area (TPSA) is 102 Å². The van der Waals surface area contributed by atoms with Gasteiger partial charge in [-0.25, -0.2) is 13.1 Å². The predicted octanol–water partition coefficient (Wildman–Crippen LogP) is 3.42. The Balaban J connectivity index is 1.93. The summed E-state index contributed by atoms with van der Waals surface area (Å²) in [4.78, 5) is 12.7. The minimum absolute atomic E-state index is 0.0915. The third-order valence-corrected chi connectivity index (χ3v) is 7.07. The number of hydrogen-bond acceptors (Lipinski definition) is 6. The summed E-state index contributed by atoms with van der Waals surface area (Å²) in [5.41, 5.74) is 0.807. The molecule has 0 radical (unpaired) electrons. The highest BCUT2D eigenvalue weighted by Gasteiger charge is 2.31. The monoisotopic (exact) mass is 433 g/mol. The van der Waals surface area contributed by atoms with E-state index in [1.54, 1.807) is 20.1 Å². The number of benzene rings is 2. The average molecular weight is 434 g/mol. The van der Waals surface area contributed by atoms with Crippen molar-refractivity contribution in [3.8, 4) is 5.75 Å². The number of nitro groups is 1. The van der Waals surface area contributed by atoms with Gasteiger partial charge in [0.1, 0.15) is 5.75 Å². The molecule has 0 bridgehead atoms. The Kier molecular flexibility index (Phi) is 7.06. The zero-order chi connectivity index (χ0) is 21.7. The van der Waals surface area contributed by atoms with Crippen molar-refractivity contribution in [1.82, 2.24) is 9.62 Å². The lowest BCUT2D eigenvalue weighted by Gasteiger charge is -2.35. The van der Waals surface area contributed by atoms with Crippen molar-refractivity contribution in [1.29, 1.82) is 0 Å². The minimum Gasteiger partial charge on any atom is -0.496 e. The van der Waals surface area contributed by atoms with Crippen LogP contribution >= 0.6 is 0 Å². The molecule has 2 aromatic carbocycles. The van der Waals surface area contributed by atoms with E-state index in [2.05, 4.69) is 9.62 Å². The predicted molar refractivity (Wildman–Crippen MR) is 114 cm³/mol. The fourth-order valence-electron chi connectivity index (χ4n) is 4.00. The van der Waals surface area contributed by atoms with Crippen LogP contribution in [-0.2, 0) is 10.0 Å². The molecular formula is C21H27N3O5S. The van der Waals surface area contributed by atoms with Gasteiger partial charge in [-0.15, -0.1) is 0 Å².